The third kappa shape index (κ3) is 4.55. The highest BCUT2D eigenvalue weighted by Gasteiger charge is 2.32. The molecule has 0 saturated heterocycles. The Kier molecular flexibility index (Phi) is 5.81. The molecule has 4 rings (SSSR count). The fourth-order valence-corrected chi connectivity index (χ4v) is 4.16. The molecule has 2 aromatic carbocycles. The van der Waals surface area contributed by atoms with Crippen molar-refractivity contribution in [2.24, 2.45) is 0 Å². The van der Waals surface area contributed by atoms with E-state index in [-0.39, 0.29) is 17.7 Å². The van der Waals surface area contributed by atoms with Crippen molar-refractivity contribution >= 4 is 28.9 Å². The number of carbonyl (C=O) groups excluding carboxylic acids is 1. The van der Waals surface area contributed by atoms with Gasteiger partial charge in [0.2, 0.25) is 0 Å². The number of amides is 1. The number of anilines is 2. The lowest BCUT2D eigenvalue weighted by Gasteiger charge is -2.25. The summed E-state index contributed by atoms with van der Waals surface area (Å²) in [5, 5.41) is 9.88. The van der Waals surface area contributed by atoms with E-state index >= 15 is 0 Å². The number of fused-ring (bicyclic) bond motifs is 1. The Morgan fingerprint density at radius 2 is 2.00 bits per heavy atom. The average molecular weight is 461 g/mol. The van der Waals surface area contributed by atoms with Gasteiger partial charge < -0.3 is 15.0 Å². The Morgan fingerprint density at radius 3 is 2.59 bits per heavy atom. The van der Waals surface area contributed by atoms with Crippen LogP contribution in [0.25, 0.3) is 11.3 Å². The molecule has 1 aliphatic rings. The van der Waals surface area contributed by atoms with E-state index in [1.807, 2.05) is 18.2 Å². The predicted octanol–water partition coefficient (Wildman–Crippen LogP) is 5.83. The van der Waals surface area contributed by atoms with Gasteiger partial charge in [-0.15, -0.1) is 8.78 Å². The van der Waals surface area contributed by atoms with Crippen LogP contribution in [0, 0.1) is 0 Å². The van der Waals surface area contributed by atoms with Gasteiger partial charge in [0.1, 0.15) is 5.75 Å². The van der Waals surface area contributed by atoms with E-state index < -0.39 is 5.57 Å². The highest BCUT2D eigenvalue weighted by molar-refractivity contribution is 6.20. The normalized spacial score (nSPS) is 15.7. The number of aromatic amines is 1. The van der Waals surface area contributed by atoms with Gasteiger partial charge in [-0.2, -0.15) is 5.10 Å². The van der Waals surface area contributed by atoms with Gasteiger partial charge in [0.05, 0.1) is 5.69 Å². The number of rotatable bonds is 6. The molecule has 0 fully saturated rings. The maximum atomic E-state index is 13.1. The number of hydrogen-bond acceptors (Lipinski definition) is 4. The van der Waals surface area contributed by atoms with Gasteiger partial charge >= 0.3 is 5.57 Å². The van der Waals surface area contributed by atoms with Crippen molar-refractivity contribution in [3.05, 3.63) is 59.8 Å². The summed E-state index contributed by atoms with van der Waals surface area (Å²) in [5.41, 5.74) is 1.13. The van der Waals surface area contributed by atoms with Gasteiger partial charge in [-0.05, 0) is 61.9 Å². The van der Waals surface area contributed by atoms with Gasteiger partial charge in [-0.3, -0.25) is 9.89 Å². The van der Waals surface area contributed by atoms with Gasteiger partial charge in [0.25, 0.3) is 5.91 Å². The van der Waals surface area contributed by atoms with Crippen LogP contribution in [0.15, 0.2) is 48.7 Å². The molecule has 168 valence electrons. The molecule has 2 heterocycles. The number of alkyl halides is 3. The van der Waals surface area contributed by atoms with Crippen molar-refractivity contribution in [1.29, 1.82) is 0 Å². The van der Waals surface area contributed by atoms with Crippen LogP contribution in [0.1, 0.15) is 42.6 Å². The fraction of sp³-hybridized carbons (Fsp3) is 0.304. The molecule has 2 N–H and O–H groups in total. The summed E-state index contributed by atoms with van der Waals surface area (Å²) < 4.78 is 29.9. The van der Waals surface area contributed by atoms with Crippen molar-refractivity contribution < 1.29 is 18.3 Å². The summed E-state index contributed by atoms with van der Waals surface area (Å²) in [4.78, 5) is 15.4. The van der Waals surface area contributed by atoms with Crippen LogP contribution in [-0.4, -0.2) is 34.3 Å². The van der Waals surface area contributed by atoms with Crippen molar-refractivity contribution in [2.75, 3.05) is 16.8 Å². The summed E-state index contributed by atoms with van der Waals surface area (Å²) in [6, 6.07) is 11.5. The summed E-state index contributed by atoms with van der Waals surface area (Å²) in [6.07, 6.45) is 1.68. The van der Waals surface area contributed by atoms with E-state index in [9.17, 15) is 13.6 Å². The van der Waals surface area contributed by atoms with Crippen LogP contribution >= 0.6 is 11.6 Å². The molecule has 1 aromatic heterocycles. The largest absolute Gasteiger partial charge is 0.487 e. The molecule has 9 heteroatoms. The monoisotopic (exact) mass is 460 g/mol. The number of hydrogen-bond donors (Lipinski definition) is 2. The quantitative estimate of drug-likeness (QED) is 0.454. The first kappa shape index (κ1) is 22.1. The molecule has 1 unspecified atom stereocenters. The standard InChI is InChI=1S/C23H23ClF2N4O2/c1-13(2)30-12-14(3)21-18(19-8-9-27-29-19)10-15(11-20(21)30)22(31)28-16-4-6-17(7-5-16)32-23(24,25)26/h4-11,13-14H,12H2,1-3H3,(H,27,29)(H,28,31). The topological polar surface area (TPSA) is 70.2 Å². The van der Waals surface area contributed by atoms with Crippen LogP contribution in [0.4, 0.5) is 20.2 Å². The highest BCUT2D eigenvalue weighted by atomic mass is 35.5. The predicted molar refractivity (Wildman–Crippen MR) is 121 cm³/mol. The van der Waals surface area contributed by atoms with Crippen molar-refractivity contribution in [2.45, 2.75) is 38.3 Å². The minimum atomic E-state index is -3.79. The van der Waals surface area contributed by atoms with Gasteiger partial charge in [0.15, 0.2) is 0 Å². The molecule has 6 nitrogen and oxygen atoms in total. The summed E-state index contributed by atoms with van der Waals surface area (Å²) in [7, 11) is 0. The molecular formula is C23H23ClF2N4O2. The van der Waals surface area contributed by atoms with Gasteiger partial charge in [0, 0.05) is 58.8 Å². The van der Waals surface area contributed by atoms with E-state index in [2.05, 4.69) is 45.9 Å². The Morgan fingerprint density at radius 1 is 1.28 bits per heavy atom. The number of H-pyrrole nitrogens is 1. The second-order valence-electron chi connectivity index (χ2n) is 8.10. The highest BCUT2D eigenvalue weighted by Crippen LogP contribution is 2.44. The Hall–Kier alpha value is -3.13. The molecule has 0 saturated carbocycles. The number of aromatic nitrogens is 2. The fourth-order valence-electron chi connectivity index (χ4n) is 4.07. The molecule has 3 aromatic rings. The Balaban J connectivity index is 1.66. The van der Waals surface area contributed by atoms with Crippen molar-refractivity contribution in [3.8, 4) is 17.0 Å². The molecule has 32 heavy (non-hydrogen) atoms. The van der Waals surface area contributed by atoms with Crippen molar-refractivity contribution in [3.63, 3.8) is 0 Å². The molecule has 0 aliphatic carbocycles. The minimum Gasteiger partial charge on any atom is -0.420 e. The molecule has 1 atom stereocenters. The van der Waals surface area contributed by atoms with Crippen molar-refractivity contribution in [1.82, 2.24) is 10.2 Å². The van der Waals surface area contributed by atoms with Crippen LogP contribution in [-0.2, 0) is 0 Å². The first-order valence-electron chi connectivity index (χ1n) is 10.2. The molecular weight excluding hydrogens is 438 g/mol. The van der Waals surface area contributed by atoms with Gasteiger partial charge in [-0.25, -0.2) is 0 Å². The second kappa shape index (κ2) is 8.43. The lowest BCUT2D eigenvalue weighted by atomic mass is 9.93. The first-order valence-corrected chi connectivity index (χ1v) is 10.6. The average Bonchev–Trinajstić information content (AvgIpc) is 3.36. The number of nitrogens with zero attached hydrogens (tertiary/aromatic N) is 2. The maximum absolute atomic E-state index is 13.1. The lowest BCUT2D eigenvalue weighted by Crippen LogP contribution is -2.29. The van der Waals surface area contributed by atoms with E-state index in [1.165, 1.54) is 29.8 Å². The number of nitrogens with one attached hydrogen (secondary N) is 2. The van der Waals surface area contributed by atoms with Crippen LogP contribution in [0.3, 0.4) is 0 Å². The Labute approximate surface area is 189 Å². The SMILES string of the molecule is CC1CN(C(C)C)c2cc(C(=O)Nc3ccc(OC(F)(F)Cl)cc3)cc(-c3ccn[nH]3)c21. The number of ether oxygens (including phenoxy) is 1. The number of carbonyl (C=O) groups is 1. The van der Waals surface area contributed by atoms with Gasteiger partial charge in [-0.1, -0.05) is 6.92 Å². The van der Waals surface area contributed by atoms with E-state index in [1.54, 1.807) is 6.20 Å². The Bertz CT molecular complexity index is 1110. The smallest absolute Gasteiger partial charge is 0.420 e. The van der Waals surface area contributed by atoms with Crippen LogP contribution in [0.5, 0.6) is 5.75 Å². The molecule has 0 bridgehead atoms. The zero-order valence-corrected chi connectivity index (χ0v) is 18.6. The third-order valence-corrected chi connectivity index (χ3v) is 5.53. The minimum absolute atomic E-state index is 0.108. The van der Waals surface area contributed by atoms with Crippen LogP contribution < -0.4 is 15.0 Å². The number of halogens is 3. The summed E-state index contributed by atoms with van der Waals surface area (Å²) >= 11 is 4.78. The summed E-state index contributed by atoms with van der Waals surface area (Å²) in [5.74, 6) is -0.118. The lowest BCUT2D eigenvalue weighted by molar-refractivity contribution is -0.0964. The number of benzene rings is 2. The molecule has 0 spiro atoms. The molecule has 0 radical (unpaired) electrons. The zero-order valence-electron chi connectivity index (χ0n) is 17.8. The van der Waals surface area contributed by atoms with Crippen LogP contribution in [0.2, 0.25) is 0 Å². The molecule has 1 aliphatic heterocycles. The van der Waals surface area contributed by atoms with E-state index in [4.69, 9.17) is 11.6 Å². The molecule has 1 amide bonds. The second-order valence-corrected chi connectivity index (χ2v) is 8.54. The maximum Gasteiger partial charge on any atom is 0.487 e. The zero-order chi connectivity index (χ0) is 23.0. The first-order chi connectivity index (χ1) is 15.1. The van der Waals surface area contributed by atoms with E-state index in [0.717, 1.165) is 23.5 Å². The third-order valence-electron chi connectivity index (χ3n) is 5.45. The van der Waals surface area contributed by atoms with E-state index in [0.29, 0.717) is 17.2 Å². The summed E-state index contributed by atoms with van der Waals surface area (Å²) in [6.45, 7) is 7.29.